The van der Waals surface area contributed by atoms with Crippen LogP contribution in [0.1, 0.15) is 45.2 Å². The second-order valence-electron chi connectivity index (χ2n) is 6.73. The molecule has 2 N–H and O–H groups in total. The van der Waals surface area contributed by atoms with Crippen LogP contribution in [0.2, 0.25) is 0 Å². The van der Waals surface area contributed by atoms with E-state index in [2.05, 4.69) is 0 Å². The van der Waals surface area contributed by atoms with Crippen LogP contribution in [0.25, 0.3) is 0 Å². The Morgan fingerprint density at radius 1 is 1.12 bits per heavy atom. The van der Waals surface area contributed by atoms with Gasteiger partial charge < -0.3 is 19.7 Å². The maximum absolute atomic E-state index is 11.9. The summed E-state index contributed by atoms with van der Waals surface area (Å²) in [6.45, 7) is 7.89. The maximum Gasteiger partial charge on any atom is 0.308 e. The van der Waals surface area contributed by atoms with Crippen LogP contribution in [0.3, 0.4) is 0 Å². The second kappa shape index (κ2) is 8.85. The number of aliphatic hydroxyl groups is 1. The molecule has 0 radical (unpaired) electrons. The number of phenolic OH excluding ortho intramolecular Hbond substituents is 1. The van der Waals surface area contributed by atoms with Crippen molar-refractivity contribution in [1.82, 2.24) is 0 Å². The Balaban J connectivity index is 3.04. The average Bonchev–Trinajstić information content (AvgIpc) is 2.56. The zero-order chi connectivity index (χ0) is 19.2. The lowest BCUT2D eigenvalue weighted by atomic mass is 9.93. The summed E-state index contributed by atoms with van der Waals surface area (Å²) < 4.78 is 10.3. The molecule has 6 nitrogen and oxygen atoms in total. The van der Waals surface area contributed by atoms with Gasteiger partial charge in [0.1, 0.15) is 19.0 Å². The molecule has 0 bridgehead atoms. The smallest absolute Gasteiger partial charge is 0.308 e. The molecule has 25 heavy (non-hydrogen) atoms. The molecule has 1 aromatic carbocycles. The third-order valence-corrected chi connectivity index (χ3v) is 4.05. The Morgan fingerprint density at radius 3 is 2.16 bits per heavy atom. The summed E-state index contributed by atoms with van der Waals surface area (Å²) in [6.07, 6.45) is 0.607. The van der Waals surface area contributed by atoms with E-state index in [0.717, 1.165) is 5.56 Å². The molecule has 0 amide bonds. The molecule has 0 heterocycles. The first kappa shape index (κ1) is 21.0. The number of hydrogen-bond acceptors (Lipinski definition) is 6. The summed E-state index contributed by atoms with van der Waals surface area (Å²) >= 11 is 0. The third kappa shape index (κ3) is 5.74. The van der Waals surface area contributed by atoms with Crippen LogP contribution in [-0.2, 0) is 24.7 Å². The number of carbonyl (C=O) groups is 2. The molecule has 0 aliphatic carbocycles. The van der Waals surface area contributed by atoms with Crippen molar-refractivity contribution in [2.75, 3.05) is 13.2 Å². The molecule has 1 rings (SSSR count). The average molecular weight is 352 g/mol. The van der Waals surface area contributed by atoms with Gasteiger partial charge in [-0.25, -0.2) is 0 Å². The van der Waals surface area contributed by atoms with Gasteiger partial charge in [-0.05, 0) is 25.0 Å². The van der Waals surface area contributed by atoms with E-state index in [1.807, 2.05) is 6.92 Å². The van der Waals surface area contributed by atoms with Gasteiger partial charge in [0, 0.05) is 5.56 Å². The third-order valence-electron chi connectivity index (χ3n) is 4.05. The van der Waals surface area contributed by atoms with E-state index in [4.69, 9.17) is 9.47 Å². The van der Waals surface area contributed by atoms with Gasteiger partial charge in [0.05, 0.1) is 11.8 Å². The molecule has 6 heteroatoms. The Kier molecular flexibility index (Phi) is 7.42. The number of aryl methyl sites for hydroxylation is 1. The molecular weight excluding hydrogens is 324 g/mol. The second-order valence-corrected chi connectivity index (χ2v) is 6.73. The van der Waals surface area contributed by atoms with Gasteiger partial charge >= 0.3 is 11.9 Å². The molecule has 0 saturated heterocycles. The normalized spacial score (nSPS) is 14.7. The van der Waals surface area contributed by atoms with Gasteiger partial charge in [0.15, 0.2) is 5.60 Å². The summed E-state index contributed by atoms with van der Waals surface area (Å²) in [4.78, 5) is 23.7. The highest BCUT2D eigenvalue weighted by Gasteiger charge is 2.36. The van der Waals surface area contributed by atoms with E-state index in [-0.39, 0.29) is 23.1 Å². The SMILES string of the molecule is CC[C@H](C)C(=O)OC[C@@](O)(COC(=O)C(C)C)c1ccc(C)cc1O. The van der Waals surface area contributed by atoms with Crippen LogP contribution in [0.15, 0.2) is 18.2 Å². The van der Waals surface area contributed by atoms with Crippen LogP contribution in [0, 0.1) is 18.8 Å². The largest absolute Gasteiger partial charge is 0.508 e. The van der Waals surface area contributed by atoms with Crippen LogP contribution in [0.5, 0.6) is 5.75 Å². The fraction of sp³-hybridized carbons (Fsp3) is 0.579. The first-order valence-electron chi connectivity index (χ1n) is 8.46. The highest BCUT2D eigenvalue weighted by molar-refractivity contribution is 5.72. The molecule has 1 aromatic rings. The summed E-state index contributed by atoms with van der Waals surface area (Å²) in [5.41, 5.74) is -0.878. The molecule has 0 aliphatic heterocycles. The zero-order valence-electron chi connectivity index (χ0n) is 15.5. The van der Waals surface area contributed by atoms with Crippen LogP contribution in [-0.4, -0.2) is 35.4 Å². The molecule has 0 spiro atoms. The van der Waals surface area contributed by atoms with Gasteiger partial charge in [-0.1, -0.05) is 39.8 Å². The molecule has 0 aromatic heterocycles. The quantitative estimate of drug-likeness (QED) is 0.699. The lowest BCUT2D eigenvalue weighted by Gasteiger charge is -2.29. The number of carbonyl (C=O) groups excluding carboxylic acids is 2. The maximum atomic E-state index is 11.9. The predicted molar refractivity (Wildman–Crippen MR) is 93.0 cm³/mol. The van der Waals surface area contributed by atoms with Crippen molar-refractivity contribution in [2.45, 2.75) is 46.6 Å². The van der Waals surface area contributed by atoms with E-state index in [0.29, 0.717) is 6.42 Å². The number of benzene rings is 1. The number of rotatable bonds is 8. The van der Waals surface area contributed by atoms with E-state index >= 15 is 0 Å². The highest BCUT2D eigenvalue weighted by Crippen LogP contribution is 2.31. The standard InChI is InChI=1S/C19H28O6/c1-6-14(5)18(22)25-11-19(23,10-24-17(21)12(2)3)15-8-7-13(4)9-16(15)20/h7-9,12,14,20,23H,6,10-11H2,1-5H3/t14-,19-/m0/s1. The van der Waals surface area contributed by atoms with Crippen molar-refractivity contribution >= 4 is 11.9 Å². The Labute approximate surface area is 148 Å². The summed E-state index contributed by atoms with van der Waals surface area (Å²) in [6, 6.07) is 4.73. The molecule has 2 atom stereocenters. The lowest BCUT2D eigenvalue weighted by Crippen LogP contribution is -2.39. The first-order chi connectivity index (χ1) is 11.6. The van der Waals surface area contributed by atoms with Gasteiger partial charge in [-0.3, -0.25) is 9.59 Å². The van der Waals surface area contributed by atoms with Gasteiger partial charge in [-0.15, -0.1) is 0 Å². The minimum Gasteiger partial charge on any atom is -0.508 e. The molecule has 0 unspecified atom stereocenters. The molecule has 0 aliphatic rings. The number of ether oxygens (including phenoxy) is 2. The van der Waals surface area contributed by atoms with E-state index in [9.17, 15) is 19.8 Å². The lowest BCUT2D eigenvalue weighted by molar-refractivity contribution is -0.168. The van der Waals surface area contributed by atoms with Crippen molar-refractivity contribution in [3.05, 3.63) is 29.3 Å². The van der Waals surface area contributed by atoms with E-state index in [1.165, 1.54) is 12.1 Å². The minimum atomic E-state index is -1.83. The molecule has 0 fully saturated rings. The number of phenols is 1. The van der Waals surface area contributed by atoms with E-state index in [1.54, 1.807) is 33.8 Å². The fourth-order valence-corrected chi connectivity index (χ4v) is 2.09. The van der Waals surface area contributed by atoms with Gasteiger partial charge in [0.2, 0.25) is 0 Å². The summed E-state index contributed by atoms with van der Waals surface area (Å²) in [7, 11) is 0. The minimum absolute atomic E-state index is 0.145. The Hall–Kier alpha value is -2.08. The van der Waals surface area contributed by atoms with Gasteiger partial charge in [-0.2, -0.15) is 0 Å². The van der Waals surface area contributed by atoms with Crippen molar-refractivity contribution in [3.8, 4) is 5.75 Å². The van der Waals surface area contributed by atoms with Crippen LogP contribution >= 0.6 is 0 Å². The predicted octanol–water partition coefficient (Wildman–Crippen LogP) is 2.68. The number of esters is 2. The fourth-order valence-electron chi connectivity index (χ4n) is 2.09. The highest BCUT2D eigenvalue weighted by atomic mass is 16.6. The zero-order valence-corrected chi connectivity index (χ0v) is 15.5. The number of hydrogen-bond donors (Lipinski definition) is 2. The van der Waals surface area contributed by atoms with Gasteiger partial charge in [0.25, 0.3) is 0 Å². The topological polar surface area (TPSA) is 93.1 Å². The summed E-state index contributed by atoms with van der Waals surface area (Å²) in [5.74, 6) is -1.77. The monoisotopic (exact) mass is 352 g/mol. The Bertz CT molecular complexity index is 610. The van der Waals surface area contributed by atoms with Crippen LogP contribution < -0.4 is 0 Å². The van der Waals surface area contributed by atoms with Crippen LogP contribution in [0.4, 0.5) is 0 Å². The molecule has 140 valence electrons. The summed E-state index contributed by atoms with van der Waals surface area (Å²) in [5, 5.41) is 21.2. The van der Waals surface area contributed by atoms with Crippen molar-refractivity contribution < 1.29 is 29.3 Å². The first-order valence-corrected chi connectivity index (χ1v) is 8.46. The Morgan fingerprint density at radius 2 is 1.68 bits per heavy atom. The van der Waals surface area contributed by atoms with E-state index < -0.39 is 30.8 Å². The van der Waals surface area contributed by atoms with Crippen molar-refractivity contribution in [3.63, 3.8) is 0 Å². The van der Waals surface area contributed by atoms with Crippen molar-refractivity contribution in [2.24, 2.45) is 11.8 Å². The molecule has 0 saturated carbocycles. The van der Waals surface area contributed by atoms with Crippen molar-refractivity contribution in [1.29, 1.82) is 0 Å². The molecular formula is C19H28O6. The number of aromatic hydroxyl groups is 1.